The van der Waals surface area contributed by atoms with Crippen molar-refractivity contribution >= 4 is 11.9 Å². The van der Waals surface area contributed by atoms with Gasteiger partial charge in [0.2, 0.25) is 0 Å². The second kappa shape index (κ2) is 9.34. The summed E-state index contributed by atoms with van der Waals surface area (Å²) in [7, 11) is 0. The quantitative estimate of drug-likeness (QED) is 0.335. The lowest BCUT2D eigenvalue weighted by atomic mass is 9.80. The Labute approximate surface area is 211 Å². The van der Waals surface area contributed by atoms with Crippen molar-refractivity contribution < 1.29 is 32.2 Å². The summed E-state index contributed by atoms with van der Waals surface area (Å²) in [5.41, 5.74) is 4.01. The molecule has 5 nitrogen and oxygen atoms in total. The average molecular weight is 508 g/mol. The third-order valence-electron chi connectivity index (χ3n) is 7.74. The van der Waals surface area contributed by atoms with Crippen molar-refractivity contribution in [3.8, 4) is 11.1 Å². The van der Waals surface area contributed by atoms with Crippen molar-refractivity contribution in [1.29, 1.82) is 0 Å². The van der Waals surface area contributed by atoms with Crippen LogP contribution in [0.25, 0.3) is 11.1 Å². The number of rotatable bonds is 4. The number of hydrogen-bond donors (Lipinski definition) is 0. The Balaban J connectivity index is 1.17. The van der Waals surface area contributed by atoms with Gasteiger partial charge in [0.25, 0.3) is 0 Å². The normalized spacial score (nSPS) is 22.4. The largest absolute Gasteiger partial charge is 0.448 e. The molecule has 8 heteroatoms. The van der Waals surface area contributed by atoms with E-state index in [0.29, 0.717) is 0 Å². The lowest BCUT2D eigenvalue weighted by Gasteiger charge is -2.47. The number of Topliss-reactive ketones (excluding diaryl/α,β-unsaturated/α-hetero) is 1. The predicted molar refractivity (Wildman–Crippen MR) is 129 cm³/mol. The molecule has 3 aromatic rings. The first-order valence-corrected chi connectivity index (χ1v) is 12.3. The van der Waals surface area contributed by atoms with Gasteiger partial charge in [0.1, 0.15) is 6.61 Å². The lowest BCUT2D eigenvalue weighted by molar-refractivity contribution is -0.0748. The van der Waals surface area contributed by atoms with Crippen LogP contribution in [0, 0.1) is 23.4 Å². The minimum atomic E-state index is -1.66. The summed E-state index contributed by atoms with van der Waals surface area (Å²) >= 11 is 0. The smallest absolute Gasteiger partial charge is 0.410 e. The number of ketones is 1. The highest BCUT2D eigenvalue weighted by atomic mass is 19.2. The Kier molecular flexibility index (Phi) is 5.99. The fraction of sp³-hybridized carbons (Fsp3) is 0.310. The number of benzene rings is 3. The van der Waals surface area contributed by atoms with Crippen LogP contribution in [0.3, 0.4) is 0 Å². The number of ether oxygens (including phenoxy) is 2. The Morgan fingerprint density at radius 3 is 2.05 bits per heavy atom. The molecule has 3 aromatic carbocycles. The van der Waals surface area contributed by atoms with E-state index in [0.717, 1.165) is 34.4 Å². The van der Waals surface area contributed by atoms with Crippen molar-refractivity contribution in [3.05, 3.63) is 94.8 Å². The van der Waals surface area contributed by atoms with Crippen LogP contribution >= 0.6 is 0 Å². The highest BCUT2D eigenvalue weighted by molar-refractivity contribution is 5.98. The summed E-state index contributed by atoms with van der Waals surface area (Å²) in [4.78, 5) is 27.9. The number of amides is 1. The van der Waals surface area contributed by atoms with Crippen LogP contribution in [-0.4, -0.2) is 48.7 Å². The molecule has 2 saturated heterocycles. The third-order valence-corrected chi connectivity index (χ3v) is 7.74. The topological polar surface area (TPSA) is 55.8 Å². The van der Waals surface area contributed by atoms with E-state index < -0.39 is 52.9 Å². The molecule has 37 heavy (non-hydrogen) atoms. The van der Waals surface area contributed by atoms with Gasteiger partial charge in [-0.1, -0.05) is 48.5 Å². The number of halogens is 3. The molecule has 0 aromatic heterocycles. The summed E-state index contributed by atoms with van der Waals surface area (Å²) in [6.45, 7) is 0.599. The van der Waals surface area contributed by atoms with Crippen molar-refractivity contribution in [2.24, 2.45) is 5.92 Å². The minimum Gasteiger partial charge on any atom is -0.448 e. The van der Waals surface area contributed by atoms with E-state index in [1.807, 2.05) is 36.4 Å². The number of carbonyl (C=O) groups is 2. The molecule has 190 valence electrons. The van der Waals surface area contributed by atoms with E-state index in [1.54, 1.807) is 4.90 Å². The molecule has 2 heterocycles. The van der Waals surface area contributed by atoms with Crippen LogP contribution in [0.15, 0.2) is 60.7 Å². The monoisotopic (exact) mass is 507 g/mol. The van der Waals surface area contributed by atoms with Crippen molar-refractivity contribution in [2.75, 3.05) is 19.8 Å². The molecule has 2 bridgehead atoms. The zero-order valence-electron chi connectivity index (χ0n) is 19.8. The summed E-state index contributed by atoms with van der Waals surface area (Å²) in [6, 6.07) is 17.0. The van der Waals surface area contributed by atoms with E-state index in [4.69, 9.17) is 9.47 Å². The molecule has 2 fully saturated rings. The zero-order valence-corrected chi connectivity index (χ0v) is 19.8. The molecular formula is C29H24F3NO4. The molecule has 0 N–H and O–H groups in total. The van der Waals surface area contributed by atoms with Crippen LogP contribution in [0.1, 0.15) is 40.2 Å². The number of carbonyl (C=O) groups excluding carboxylic acids is 2. The second-order valence-electron chi connectivity index (χ2n) is 9.81. The van der Waals surface area contributed by atoms with Crippen molar-refractivity contribution in [1.82, 2.24) is 4.90 Å². The van der Waals surface area contributed by atoms with Crippen molar-refractivity contribution in [2.45, 2.75) is 30.8 Å². The van der Waals surface area contributed by atoms with Crippen LogP contribution in [0.2, 0.25) is 0 Å². The van der Waals surface area contributed by atoms with Gasteiger partial charge >= 0.3 is 6.09 Å². The highest BCUT2D eigenvalue weighted by Gasteiger charge is 2.45. The summed E-state index contributed by atoms with van der Waals surface area (Å²) in [5.74, 6) is -5.81. The van der Waals surface area contributed by atoms with Gasteiger partial charge in [-0.2, -0.15) is 0 Å². The Bertz CT molecular complexity index is 1330. The zero-order chi connectivity index (χ0) is 25.7. The van der Waals surface area contributed by atoms with E-state index >= 15 is 0 Å². The van der Waals surface area contributed by atoms with E-state index in [1.165, 1.54) is 0 Å². The van der Waals surface area contributed by atoms with Gasteiger partial charge < -0.3 is 9.47 Å². The minimum absolute atomic E-state index is 0.0806. The highest BCUT2D eigenvalue weighted by Crippen LogP contribution is 2.45. The molecule has 2 unspecified atom stereocenters. The van der Waals surface area contributed by atoms with Crippen molar-refractivity contribution in [3.63, 3.8) is 0 Å². The molecule has 0 saturated carbocycles. The van der Waals surface area contributed by atoms with Crippen LogP contribution in [0.4, 0.5) is 18.0 Å². The standard InChI is InChI=1S/C29H24F3NO4/c30-25-10-9-23(26(31)27(25)32)28(34)16-11-17-13-36-14-18(12-16)33(17)29(35)37-15-24-21-7-3-1-5-19(21)20-6-2-4-8-22(20)24/h1-10,16-18,24H,11-15H2. The van der Waals surface area contributed by atoms with Crippen LogP contribution in [0.5, 0.6) is 0 Å². The maximum atomic E-state index is 14.3. The van der Waals surface area contributed by atoms with Gasteiger partial charge in [0.05, 0.1) is 30.9 Å². The maximum Gasteiger partial charge on any atom is 0.410 e. The molecule has 1 amide bonds. The summed E-state index contributed by atoms with van der Waals surface area (Å²) in [6.07, 6.45) is -0.0410. The fourth-order valence-corrected chi connectivity index (χ4v) is 6.03. The number of morpholine rings is 1. The van der Waals surface area contributed by atoms with Gasteiger partial charge in [-0.25, -0.2) is 18.0 Å². The molecule has 2 atom stereocenters. The first-order valence-electron chi connectivity index (χ1n) is 12.3. The number of fused-ring (bicyclic) bond motifs is 5. The second-order valence-corrected chi connectivity index (χ2v) is 9.81. The summed E-state index contributed by atoms with van der Waals surface area (Å²) < 4.78 is 52.8. The molecule has 0 spiro atoms. The first-order chi connectivity index (χ1) is 17.9. The van der Waals surface area contributed by atoms with Gasteiger partial charge in [0, 0.05) is 11.8 Å². The van der Waals surface area contributed by atoms with Gasteiger partial charge in [0.15, 0.2) is 23.2 Å². The van der Waals surface area contributed by atoms with Gasteiger partial charge in [-0.05, 0) is 47.2 Å². The Morgan fingerprint density at radius 2 is 1.43 bits per heavy atom. The first kappa shape index (κ1) is 23.7. The number of hydrogen-bond acceptors (Lipinski definition) is 4. The SMILES string of the molecule is O=C(c1ccc(F)c(F)c1F)C1CC2COCC(C1)N2C(=O)OCC1c2ccccc2-c2ccccc21. The number of nitrogens with zero attached hydrogens (tertiary/aromatic N) is 1. The Morgan fingerprint density at radius 1 is 0.838 bits per heavy atom. The molecule has 0 radical (unpaired) electrons. The number of piperidine rings is 1. The Hall–Kier alpha value is -3.65. The average Bonchev–Trinajstić information content (AvgIpc) is 3.23. The molecule has 1 aliphatic carbocycles. The molecule has 3 aliphatic rings. The van der Waals surface area contributed by atoms with E-state index in [9.17, 15) is 22.8 Å². The predicted octanol–water partition coefficient (Wildman–Crippen LogP) is 5.72. The van der Waals surface area contributed by atoms with Crippen LogP contribution in [-0.2, 0) is 9.47 Å². The van der Waals surface area contributed by atoms with E-state index in [2.05, 4.69) is 12.1 Å². The lowest BCUT2D eigenvalue weighted by Crippen LogP contribution is -2.60. The maximum absolute atomic E-state index is 14.3. The molecule has 6 rings (SSSR count). The molecule has 2 aliphatic heterocycles. The van der Waals surface area contributed by atoms with Gasteiger partial charge in [-0.15, -0.1) is 0 Å². The summed E-state index contributed by atoms with van der Waals surface area (Å²) in [5, 5.41) is 0. The van der Waals surface area contributed by atoms with E-state index in [-0.39, 0.29) is 38.6 Å². The fourth-order valence-electron chi connectivity index (χ4n) is 6.03. The third kappa shape index (κ3) is 4.00. The van der Waals surface area contributed by atoms with Crippen LogP contribution < -0.4 is 0 Å². The molecular weight excluding hydrogens is 483 g/mol. The van der Waals surface area contributed by atoms with Gasteiger partial charge in [-0.3, -0.25) is 9.69 Å².